The number of urea groups is 1. The zero-order valence-electron chi connectivity index (χ0n) is 13.5. The standard InChI is InChI=1S/C16H22N6O/c1-11(2)9-10-17-16(23)18-13-5-3-12(4-6-13)15-19-20-21-22(15)14-7-8-14/h3-6,11,14H,7-10H2,1-2H3,(H2,17,18,23). The van der Waals surface area contributed by atoms with Crippen molar-refractivity contribution >= 4 is 11.7 Å². The maximum absolute atomic E-state index is 11.8. The van der Waals surface area contributed by atoms with E-state index in [1.165, 1.54) is 0 Å². The molecule has 7 nitrogen and oxygen atoms in total. The largest absolute Gasteiger partial charge is 0.338 e. The molecule has 7 heteroatoms. The molecule has 1 heterocycles. The molecule has 1 aromatic heterocycles. The average Bonchev–Trinajstić information content (AvgIpc) is 3.25. The van der Waals surface area contributed by atoms with Gasteiger partial charge in [0.25, 0.3) is 0 Å². The number of carbonyl (C=O) groups is 1. The molecule has 0 bridgehead atoms. The lowest BCUT2D eigenvalue weighted by molar-refractivity contribution is 0.251. The van der Waals surface area contributed by atoms with Crippen molar-refractivity contribution in [3.8, 4) is 11.4 Å². The summed E-state index contributed by atoms with van der Waals surface area (Å²) in [7, 11) is 0. The van der Waals surface area contributed by atoms with Crippen molar-refractivity contribution in [1.29, 1.82) is 0 Å². The van der Waals surface area contributed by atoms with Gasteiger partial charge < -0.3 is 10.6 Å². The second kappa shape index (κ2) is 6.76. The molecule has 1 saturated carbocycles. The summed E-state index contributed by atoms with van der Waals surface area (Å²) in [6, 6.07) is 7.83. The summed E-state index contributed by atoms with van der Waals surface area (Å²) in [4.78, 5) is 11.8. The van der Waals surface area contributed by atoms with E-state index in [0.717, 1.165) is 36.3 Å². The fourth-order valence-electron chi connectivity index (χ4n) is 2.30. The molecular formula is C16H22N6O. The molecule has 2 amide bonds. The molecule has 23 heavy (non-hydrogen) atoms. The van der Waals surface area contributed by atoms with E-state index in [0.29, 0.717) is 18.5 Å². The Bertz CT molecular complexity index is 659. The van der Waals surface area contributed by atoms with Crippen molar-refractivity contribution in [3.63, 3.8) is 0 Å². The summed E-state index contributed by atoms with van der Waals surface area (Å²) in [5, 5.41) is 17.6. The predicted molar refractivity (Wildman–Crippen MR) is 88.0 cm³/mol. The van der Waals surface area contributed by atoms with Crippen LogP contribution in [0, 0.1) is 5.92 Å². The van der Waals surface area contributed by atoms with Gasteiger partial charge in [0, 0.05) is 17.8 Å². The number of nitrogens with one attached hydrogen (secondary N) is 2. The molecule has 2 N–H and O–H groups in total. The van der Waals surface area contributed by atoms with E-state index < -0.39 is 0 Å². The number of carbonyl (C=O) groups excluding carboxylic acids is 1. The summed E-state index contributed by atoms with van der Waals surface area (Å²) in [5.41, 5.74) is 1.70. The first-order valence-electron chi connectivity index (χ1n) is 8.06. The summed E-state index contributed by atoms with van der Waals surface area (Å²) < 4.78 is 1.88. The van der Waals surface area contributed by atoms with Gasteiger partial charge in [-0.1, -0.05) is 13.8 Å². The van der Waals surface area contributed by atoms with Crippen LogP contribution in [0.5, 0.6) is 0 Å². The van der Waals surface area contributed by atoms with Gasteiger partial charge in [0.05, 0.1) is 6.04 Å². The fourth-order valence-corrected chi connectivity index (χ4v) is 2.30. The molecular weight excluding hydrogens is 292 g/mol. The van der Waals surface area contributed by atoms with Crippen molar-refractivity contribution in [2.45, 2.75) is 39.2 Å². The molecule has 1 aliphatic rings. The molecule has 0 radical (unpaired) electrons. The smallest absolute Gasteiger partial charge is 0.319 e. The van der Waals surface area contributed by atoms with E-state index in [-0.39, 0.29) is 6.03 Å². The number of hydrogen-bond acceptors (Lipinski definition) is 4. The Morgan fingerprint density at radius 3 is 2.70 bits per heavy atom. The monoisotopic (exact) mass is 314 g/mol. The normalized spacial score (nSPS) is 14.0. The quantitative estimate of drug-likeness (QED) is 0.858. The zero-order chi connectivity index (χ0) is 16.2. The highest BCUT2D eigenvalue weighted by Gasteiger charge is 2.28. The number of tetrazole rings is 1. The van der Waals surface area contributed by atoms with Gasteiger partial charge in [0.15, 0.2) is 5.82 Å². The number of aromatic nitrogens is 4. The van der Waals surface area contributed by atoms with Crippen LogP contribution in [0.4, 0.5) is 10.5 Å². The van der Waals surface area contributed by atoms with Crippen molar-refractivity contribution in [1.82, 2.24) is 25.5 Å². The van der Waals surface area contributed by atoms with Gasteiger partial charge in [0.1, 0.15) is 0 Å². The number of benzene rings is 1. The number of rotatable bonds is 6. The van der Waals surface area contributed by atoms with Crippen LogP contribution in [0.15, 0.2) is 24.3 Å². The molecule has 1 aliphatic carbocycles. The Kier molecular flexibility index (Phi) is 4.55. The first-order chi connectivity index (χ1) is 11.1. The molecule has 0 spiro atoms. The van der Waals surface area contributed by atoms with Crippen molar-refractivity contribution in [2.75, 3.05) is 11.9 Å². The first-order valence-corrected chi connectivity index (χ1v) is 8.06. The lowest BCUT2D eigenvalue weighted by atomic mass is 10.1. The molecule has 0 saturated heterocycles. The van der Waals surface area contributed by atoms with Crippen molar-refractivity contribution in [2.24, 2.45) is 5.92 Å². The van der Waals surface area contributed by atoms with Crippen LogP contribution in [0.2, 0.25) is 0 Å². The molecule has 1 fully saturated rings. The van der Waals surface area contributed by atoms with Gasteiger partial charge in [-0.3, -0.25) is 0 Å². The van der Waals surface area contributed by atoms with Gasteiger partial charge in [-0.15, -0.1) is 5.10 Å². The van der Waals surface area contributed by atoms with E-state index in [1.54, 1.807) is 0 Å². The molecule has 0 aliphatic heterocycles. The Labute approximate surface area is 135 Å². The van der Waals surface area contributed by atoms with Crippen LogP contribution in [0.3, 0.4) is 0 Å². The van der Waals surface area contributed by atoms with Gasteiger partial charge in [-0.2, -0.15) is 0 Å². The minimum Gasteiger partial charge on any atom is -0.338 e. The molecule has 1 aromatic carbocycles. The van der Waals surface area contributed by atoms with Crippen LogP contribution in [-0.2, 0) is 0 Å². The average molecular weight is 314 g/mol. The second-order valence-electron chi connectivity index (χ2n) is 6.32. The first kappa shape index (κ1) is 15.5. The maximum Gasteiger partial charge on any atom is 0.319 e. The third-order valence-electron chi connectivity index (χ3n) is 3.79. The SMILES string of the molecule is CC(C)CCNC(=O)Nc1ccc(-c2nnnn2C2CC2)cc1. The Balaban J connectivity index is 1.58. The van der Waals surface area contributed by atoms with Crippen LogP contribution in [-0.4, -0.2) is 32.8 Å². The predicted octanol–water partition coefficient (Wildman–Crippen LogP) is 2.84. The van der Waals surface area contributed by atoms with E-state index >= 15 is 0 Å². The molecule has 122 valence electrons. The highest BCUT2D eigenvalue weighted by atomic mass is 16.2. The zero-order valence-corrected chi connectivity index (χ0v) is 13.5. The van der Waals surface area contributed by atoms with E-state index in [2.05, 4.69) is 40.0 Å². The molecule has 2 aromatic rings. The number of anilines is 1. The molecule has 0 atom stereocenters. The fraction of sp³-hybridized carbons (Fsp3) is 0.500. The highest BCUT2D eigenvalue weighted by Crippen LogP contribution is 2.36. The van der Waals surface area contributed by atoms with Crippen LogP contribution in [0.25, 0.3) is 11.4 Å². The summed E-state index contributed by atoms with van der Waals surface area (Å²) in [6.45, 7) is 4.94. The topological polar surface area (TPSA) is 84.7 Å². The highest BCUT2D eigenvalue weighted by molar-refractivity contribution is 5.89. The van der Waals surface area contributed by atoms with Crippen molar-refractivity contribution in [3.05, 3.63) is 24.3 Å². The van der Waals surface area contributed by atoms with Gasteiger partial charge in [-0.25, -0.2) is 9.48 Å². The Morgan fingerprint density at radius 2 is 2.04 bits per heavy atom. The maximum atomic E-state index is 11.8. The van der Waals surface area contributed by atoms with Crippen LogP contribution >= 0.6 is 0 Å². The lowest BCUT2D eigenvalue weighted by Crippen LogP contribution is -2.30. The Hall–Kier alpha value is -2.44. The van der Waals surface area contributed by atoms with Crippen LogP contribution < -0.4 is 10.6 Å². The summed E-state index contributed by atoms with van der Waals surface area (Å²) in [6.07, 6.45) is 3.23. The van der Waals surface area contributed by atoms with Crippen LogP contribution in [0.1, 0.15) is 39.2 Å². The van der Waals surface area contributed by atoms with Gasteiger partial charge in [-0.05, 0) is 59.9 Å². The van der Waals surface area contributed by atoms with Gasteiger partial charge in [0.2, 0.25) is 0 Å². The summed E-state index contributed by atoms with van der Waals surface area (Å²) in [5.74, 6) is 1.35. The molecule has 0 unspecified atom stereocenters. The third-order valence-corrected chi connectivity index (χ3v) is 3.79. The minimum atomic E-state index is -0.179. The van der Waals surface area contributed by atoms with E-state index in [9.17, 15) is 4.79 Å². The number of hydrogen-bond donors (Lipinski definition) is 2. The second-order valence-corrected chi connectivity index (χ2v) is 6.32. The Morgan fingerprint density at radius 1 is 1.30 bits per heavy atom. The molecule has 3 rings (SSSR count). The number of nitrogens with zero attached hydrogens (tertiary/aromatic N) is 4. The van der Waals surface area contributed by atoms with E-state index in [1.807, 2.05) is 28.9 Å². The van der Waals surface area contributed by atoms with Crippen molar-refractivity contribution < 1.29 is 4.79 Å². The lowest BCUT2D eigenvalue weighted by Gasteiger charge is -2.09. The third kappa shape index (κ3) is 4.06. The summed E-state index contributed by atoms with van der Waals surface area (Å²) >= 11 is 0. The number of amides is 2. The van der Waals surface area contributed by atoms with E-state index in [4.69, 9.17) is 0 Å². The van der Waals surface area contributed by atoms with Gasteiger partial charge >= 0.3 is 6.03 Å². The minimum absolute atomic E-state index is 0.179.